The van der Waals surface area contributed by atoms with E-state index in [1.807, 2.05) is 20.8 Å². The number of carbonyl (C=O) groups excluding carboxylic acids is 1. The molecule has 0 aromatic rings. The van der Waals surface area contributed by atoms with Crippen LogP contribution in [0.1, 0.15) is 65.7 Å². The van der Waals surface area contributed by atoms with Crippen LogP contribution in [-0.4, -0.2) is 36.5 Å². The van der Waals surface area contributed by atoms with Gasteiger partial charge in [-0.05, 0) is 65.8 Å². The van der Waals surface area contributed by atoms with E-state index in [4.69, 9.17) is 4.74 Å². The Morgan fingerprint density at radius 3 is 2.13 bits per heavy atom. The molecule has 1 rings (SSSR count). The van der Waals surface area contributed by atoms with Crippen molar-refractivity contribution in [2.24, 2.45) is 0 Å². The number of carbonyl (C=O) groups is 1. The Balaban J connectivity index is 2.10. The SMILES string of the molecule is CC(C)(C)OC(=O)NC1CCC(NCCCCC(F)(F)F)CC1. The number of halogens is 3. The molecule has 136 valence electrons. The molecule has 0 radical (unpaired) electrons. The average molecular weight is 338 g/mol. The topological polar surface area (TPSA) is 50.4 Å². The summed E-state index contributed by atoms with van der Waals surface area (Å²) >= 11 is 0. The van der Waals surface area contributed by atoms with E-state index in [1.54, 1.807) is 0 Å². The van der Waals surface area contributed by atoms with Crippen LogP contribution < -0.4 is 10.6 Å². The van der Waals surface area contributed by atoms with Gasteiger partial charge in [0, 0.05) is 18.5 Å². The standard InChI is InChI=1S/C16H29F3N2O2/c1-15(2,3)23-14(22)21-13-8-6-12(7-9-13)20-11-5-4-10-16(17,18)19/h12-13,20H,4-11H2,1-3H3,(H,21,22). The molecule has 0 aromatic heterocycles. The van der Waals surface area contributed by atoms with Gasteiger partial charge in [0.15, 0.2) is 0 Å². The number of hydrogen-bond acceptors (Lipinski definition) is 3. The van der Waals surface area contributed by atoms with Crippen LogP contribution in [0.25, 0.3) is 0 Å². The lowest BCUT2D eigenvalue weighted by atomic mass is 9.91. The van der Waals surface area contributed by atoms with Gasteiger partial charge in [0.1, 0.15) is 5.60 Å². The number of amides is 1. The van der Waals surface area contributed by atoms with Gasteiger partial charge in [-0.15, -0.1) is 0 Å². The molecule has 4 nitrogen and oxygen atoms in total. The molecular formula is C16H29F3N2O2. The summed E-state index contributed by atoms with van der Waals surface area (Å²) in [6.07, 6.45) is -0.881. The van der Waals surface area contributed by atoms with E-state index < -0.39 is 18.2 Å². The van der Waals surface area contributed by atoms with Gasteiger partial charge in [0.2, 0.25) is 0 Å². The number of ether oxygens (including phenoxy) is 1. The highest BCUT2D eigenvalue weighted by Crippen LogP contribution is 2.22. The van der Waals surface area contributed by atoms with E-state index in [-0.39, 0.29) is 18.6 Å². The Labute approximate surface area is 136 Å². The number of unbranched alkanes of at least 4 members (excludes halogenated alkanes) is 1. The summed E-state index contributed by atoms with van der Waals surface area (Å²) in [5.41, 5.74) is -0.501. The smallest absolute Gasteiger partial charge is 0.407 e. The minimum absolute atomic E-state index is 0.119. The Kier molecular flexibility index (Phi) is 7.64. The predicted molar refractivity (Wildman–Crippen MR) is 83.3 cm³/mol. The van der Waals surface area contributed by atoms with Crippen LogP contribution in [0.4, 0.5) is 18.0 Å². The third-order valence-electron chi connectivity index (χ3n) is 3.77. The maximum absolute atomic E-state index is 12.0. The molecule has 1 aliphatic carbocycles. The summed E-state index contributed by atoms with van der Waals surface area (Å²) in [4.78, 5) is 11.7. The molecule has 0 unspecified atom stereocenters. The molecule has 2 N–H and O–H groups in total. The highest BCUT2D eigenvalue weighted by Gasteiger charge is 2.26. The maximum atomic E-state index is 12.0. The second-order valence-corrected chi connectivity index (χ2v) is 7.22. The molecule has 1 aliphatic rings. The zero-order valence-electron chi connectivity index (χ0n) is 14.3. The fraction of sp³-hybridized carbons (Fsp3) is 0.938. The Morgan fingerprint density at radius 1 is 1.04 bits per heavy atom. The third-order valence-corrected chi connectivity index (χ3v) is 3.77. The fourth-order valence-corrected chi connectivity index (χ4v) is 2.67. The van der Waals surface area contributed by atoms with E-state index in [0.29, 0.717) is 19.0 Å². The number of alkyl halides is 3. The van der Waals surface area contributed by atoms with Gasteiger partial charge in [-0.1, -0.05) is 0 Å². The molecule has 23 heavy (non-hydrogen) atoms. The summed E-state index contributed by atoms with van der Waals surface area (Å²) in [6, 6.07) is 0.450. The van der Waals surface area contributed by atoms with Crippen molar-refractivity contribution in [1.29, 1.82) is 0 Å². The quantitative estimate of drug-likeness (QED) is 0.716. The van der Waals surface area contributed by atoms with Gasteiger partial charge in [0.05, 0.1) is 0 Å². The molecule has 0 saturated heterocycles. The zero-order chi connectivity index (χ0) is 17.5. The molecule has 0 heterocycles. The van der Waals surface area contributed by atoms with E-state index in [2.05, 4.69) is 10.6 Å². The van der Waals surface area contributed by atoms with Crippen molar-refractivity contribution in [2.45, 2.75) is 89.6 Å². The van der Waals surface area contributed by atoms with Gasteiger partial charge in [-0.3, -0.25) is 0 Å². The molecule has 0 atom stereocenters. The minimum atomic E-state index is -4.05. The van der Waals surface area contributed by atoms with Gasteiger partial charge in [-0.25, -0.2) is 4.79 Å². The minimum Gasteiger partial charge on any atom is -0.444 e. The highest BCUT2D eigenvalue weighted by molar-refractivity contribution is 5.68. The normalized spacial score (nSPS) is 22.7. The largest absolute Gasteiger partial charge is 0.444 e. The molecule has 7 heteroatoms. The molecule has 0 spiro atoms. The first-order chi connectivity index (χ1) is 10.6. The van der Waals surface area contributed by atoms with Crippen molar-refractivity contribution in [1.82, 2.24) is 10.6 Å². The van der Waals surface area contributed by atoms with Crippen molar-refractivity contribution in [3.05, 3.63) is 0 Å². The summed E-state index contributed by atoms with van der Waals surface area (Å²) in [7, 11) is 0. The second kappa shape index (κ2) is 8.76. The van der Waals surface area contributed by atoms with Crippen molar-refractivity contribution in [3.63, 3.8) is 0 Å². The van der Waals surface area contributed by atoms with E-state index >= 15 is 0 Å². The lowest BCUT2D eigenvalue weighted by molar-refractivity contribution is -0.135. The second-order valence-electron chi connectivity index (χ2n) is 7.22. The first kappa shape index (κ1) is 20.1. The lowest BCUT2D eigenvalue weighted by Gasteiger charge is -2.30. The van der Waals surface area contributed by atoms with Gasteiger partial charge < -0.3 is 15.4 Å². The van der Waals surface area contributed by atoms with Crippen LogP contribution in [0.5, 0.6) is 0 Å². The van der Waals surface area contributed by atoms with Gasteiger partial charge in [0.25, 0.3) is 0 Å². The van der Waals surface area contributed by atoms with Crippen LogP contribution in [0.3, 0.4) is 0 Å². The molecule has 1 amide bonds. The average Bonchev–Trinajstić information content (AvgIpc) is 2.36. The molecule has 1 fully saturated rings. The highest BCUT2D eigenvalue weighted by atomic mass is 19.4. The first-order valence-electron chi connectivity index (χ1n) is 8.35. The molecule has 1 saturated carbocycles. The van der Waals surface area contributed by atoms with E-state index in [0.717, 1.165) is 25.7 Å². The first-order valence-corrected chi connectivity index (χ1v) is 8.35. The third kappa shape index (κ3) is 10.4. The van der Waals surface area contributed by atoms with Crippen LogP contribution in [0.2, 0.25) is 0 Å². The van der Waals surface area contributed by atoms with E-state index in [9.17, 15) is 18.0 Å². The van der Waals surface area contributed by atoms with Crippen molar-refractivity contribution >= 4 is 6.09 Å². The maximum Gasteiger partial charge on any atom is 0.407 e. The molecule has 0 aromatic carbocycles. The fourth-order valence-electron chi connectivity index (χ4n) is 2.67. The van der Waals surface area contributed by atoms with Crippen molar-refractivity contribution in [2.75, 3.05) is 6.54 Å². The van der Waals surface area contributed by atoms with Crippen molar-refractivity contribution < 1.29 is 22.7 Å². The van der Waals surface area contributed by atoms with Crippen LogP contribution in [-0.2, 0) is 4.74 Å². The molecular weight excluding hydrogens is 309 g/mol. The zero-order valence-corrected chi connectivity index (χ0v) is 14.3. The Hall–Kier alpha value is -0.980. The predicted octanol–water partition coefficient (Wildman–Crippen LogP) is 4.14. The summed E-state index contributed by atoms with van der Waals surface area (Å²) in [6.45, 7) is 6.09. The number of alkyl carbamates (subject to hydrolysis) is 1. The van der Waals surface area contributed by atoms with Crippen molar-refractivity contribution in [3.8, 4) is 0 Å². The van der Waals surface area contributed by atoms with E-state index in [1.165, 1.54) is 0 Å². The number of nitrogens with one attached hydrogen (secondary N) is 2. The number of hydrogen-bond donors (Lipinski definition) is 2. The Bertz CT molecular complexity index is 359. The molecule has 0 bridgehead atoms. The van der Waals surface area contributed by atoms with Crippen LogP contribution in [0.15, 0.2) is 0 Å². The summed E-state index contributed by atoms with van der Waals surface area (Å²) in [5, 5.41) is 6.18. The van der Waals surface area contributed by atoms with Gasteiger partial charge in [-0.2, -0.15) is 13.2 Å². The van der Waals surface area contributed by atoms with Gasteiger partial charge >= 0.3 is 12.3 Å². The van der Waals surface area contributed by atoms with Crippen LogP contribution >= 0.6 is 0 Å². The lowest BCUT2D eigenvalue weighted by Crippen LogP contribution is -2.44. The van der Waals surface area contributed by atoms with Crippen LogP contribution in [0, 0.1) is 0 Å². The number of rotatable bonds is 6. The summed E-state index contributed by atoms with van der Waals surface area (Å²) < 4.78 is 41.3. The monoisotopic (exact) mass is 338 g/mol. The Morgan fingerprint density at radius 2 is 1.61 bits per heavy atom. The summed E-state index contributed by atoms with van der Waals surface area (Å²) in [5.74, 6) is 0. The molecule has 0 aliphatic heterocycles.